The molecule has 1 aliphatic rings. The van der Waals surface area contributed by atoms with Crippen molar-refractivity contribution < 1.29 is 0 Å². The maximum atomic E-state index is 4.37. The largest absolute Gasteiger partial charge is 0.351 e. The molecule has 1 saturated carbocycles. The van der Waals surface area contributed by atoms with E-state index in [2.05, 4.69) is 20.3 Å². The highest BCUT2D eigenvalue weighted by atomic mass is 15.1. The molecule has 14 heavy (non-hydrogen) atoms. The van der Waals surface area contributed by atoms with Crippen molar-refractivity contribution in [3.05, 3.63) is 24.7 Å². The maximum absolute atomic E-state index is 4.37. The van der Waals surface area contributed by atoms with Gasteiger partial charge in [0.25, 0.3) is 0 Å². The molecule has 0 radical (unpaired) electrons. The fourth-order valence-corrected chi connectivity index (χ4v) is 1.35. The van der Waals surface area contributed by atoms with Crippen LogP contribution in [0.25, 0.3) is 10.9 Å². The molecule has 0 amide bonds. The van der Waals surface area contributed by atoms with E-state index in [9.17, 15) is 0 Å². The number of pyridine rings is 1. The molecule has 1 N–H and O–H groups in total. The number of hydrogen-bond donors (Lipinski definition) is 1. The van der Waals surface area contributed by atoms with Gasteiger partial charge in [-0.25, -0.2) is 9.97 Å². The number of rotatable bonds is 2. The SMILES string of the molecule is c1cc2cnc(NC3CC3)nc2cn1. The van der Waals surface area contributed by atoms with Crippen LogP contribution in [-0.2, 0) is 0 Å². The molecule has 1 fully saturated rings. The van der Waals surface area contributed by atoms with E-state index in [0.29, 0.717) is 12.0 Å². The number of fused-ring (bicyclic) bond motifs is 1. The third kappa shape index (κ3) is 1.39. The predicted octanol–water partition coefficient (Wildman–Crippen LogP) is 1.60. The van der Waals surface area contributed by atoms with Gasteiger partial charge in [0.15, 0.2) is 0 Å². The molecular weight excluding hydrogens is 176 g/mol. The lowest BCUT2D eigenvalue weighted by atomic mass is 10.3. The average molecular weight is 186 g/mol. The minimum atomic E-state index is 0.587. The van der Waals surface area contributed by atoms with E-state index in [1.54, 1.807) is 12.4 Å². The van der Waals surface area contributed by atoms with Gasteiger partial charge in [0.1, 0.15) is 0 Å². The van der Waals surface area contributed by atoms with Crippen LogP contribution in [0.15, 0.2) is 24.7 Å². The van der Waals surface area contributed by atoms with Crippen LogP contribution in [0, 0.1) is 0 Å². The van der Waals surface area contributed by atoms with Gasteiger partial charge in [0, 0.05) is 23.8 Å². The zero-order chi connectivity index (χ0) is 9.38. The quantitative estimate of drug-likeness (QED) is 0.774. The van der Waals surface area contributed by atoms with Crippen LogP contribution in [0.5, 0.6) is 0 Å². The van der Waals surface area contributed by atoms with Crippen molar-refractivity contribution in [3.63, 3.8) is 0 Å². The topological polar surface area (TPSA) is 50.7 Å². The van der Waals surface area contributed by atoms with E-state index < -0.39 is 0 Å². The van der Waals surface area contributed by atoms with E-state index in [0.717, 1.165) is 10.9 Å². The molecule has 0 saturated heterocycles. The van der Waals surface area contributed by atoms with Crippen molar-refractivity contribution >= 4 is 16.9 Å². The lowest BCUT2D eigenvalue weighted by Gasteiger charge is -2.02. The Hall–Kier alpha value is -1.71. The molecule has 2 aromatic heterocycles. The second-order valence-corrected chi connectivity index (χ2v) is 3.55. The van der Waals surface area contributed by atoms with Gasteiger partial charge in [0.2, 0.25) is 5.95 Å². The highest BCUT2D eigenvalue weighted by Crippen LogP contribution is 2.23. The highest BCUT2D eigenvalue weighted by Gasteiger charge is 2.21. The molecule has 4 nitrogen and oxygen atoms in total. The Balaban J connectivity index is 2.01. The first kappa shape index (κ1) is 7.67. The Bertz CT molecular complexity index is 464. The lowest BCUT2D eigenvalue weighted by Crippen LogP contribution is -2.04. The normalized spacial score (nSPS) is 15.7. The van der Waals surface area contributed by atoms with E-state index >= 15 is 0 Å². The van der Waals surface area contributed by atoms with Crippen molar-refractivity contribution in [1.82, 2.24) is 15.0 Å². The molecule has 3 rings (SSSR count). The summed E-state index contributed by atoms with van der Waals surface area (Å²) in [6, 6.07) is 2.50. The van der Waals surface area contributed by atoms with E-state index in [-0.39, 0.29) is 0 Å². The third-order valence-electron chi connectivity index (χ3n) is 2.30. The Morgan fingerprint density at radius 3 is 3.07 bits per heavy atom. The van der Waals surface area contributed by atoms with Crippen LogP contribution in [0.1, 0.15) is 12.8 Å². The second-order valence-electron chi connectivity index (χ2n) is 3.55. The molecule has 0 spiro atoms. The summed E-state index contributed by atoms with van der Waals surface area (Å²) in [6.45, 7) is 0. The van der Waals surface area contributed by atoms with Gasteiger partial charge in [-0.2, -0.15) is 0 Å². The number of hydrogen-bond acceptors (Lipinski definition) is 4. The molecule has 70 valence electrons. The summed E-state index contributed by atoms with van der Waals surface area (Å²) in [7, 11) is 0. The fourth-order valence-electron chi connectivity index (χ4n) is 1.35. The van der Waals surface area contributed by atoms with Crippen LogP contribution in [0.3, 0.4) is 0 Å². The molecule has 2 aromatic rings. The van der Waals surface area contributed by atoms with E-state index in [4.69, 9.17) is 0 Å². The summed E-state index contributed by atoms with van der Waals surface area (Å²) in [5.41, 5.74) is 0.894. The standard InChI is InChI=1S/C10H10N4/c1-2-8(1)13-10-12-5-7-3-4-11-6-9(7)14-10/h3-6,8H,1-2H2,(H,12,13,14). The van der Waals surface area contributed by atoms with Crippen LogP contribution >= 0.6 is 0 Å². The Morgan fingerprint density at radius 1 is 1.29 bits per heavy atom. The summed E-state index contributed by atoms with van der Waals surface area (Å²) >= 11 is 0. The van der Waals surface area contributed by atoms with Crippen LogP contribution in [-0.4, -0.2) is 21.0 Å². The second kappa shape index (κ2) is 2.90. The van der Waals surface area contributed by atoms with Crippen molar-refractivity contribution in [1.29, 1.82) is 0 Å². The first-order valence-electron chi connectivity index (χ1n) is 4.75. The van der Waals surface area contributed by atoms with Crippen molar-refractivity contribution in [2.75, 3.05) is 5.32 Å². The Kier molecular flexibility index (Phi) is 1.59. The first-order valence-corrected chi connectivity index (χ1v) is 4.75. The van der Waals surface area contributed by atoms with Gasteiger partial charge in [-0.1, -0.05) is 0 Å². The van der Waals surface area contributed by atoms with Gasteiger partial charge in [0.05, 0.1) is 11.7 Å². The summed E-state index contributed by atoms with van der Waals surface area (Å²) in [4.78, 5) is 12.6. The first-order chi connectivity index (χ1) is 6.92. The highest BCUT2D eigenvalue weighted by molar-refractivity contribution is 5.77. The van der Waals surface area contributed by atoms with E-state index in [1.165, 1.54) is 12.8 Å². The molecular formula is C10H10N4. The molecule has 0 bridgehead atoms. The van der Waals surface area contributed by atoms with Gasteiger partial charge in [-0.15, -0.1) is 0 Å². The van der Waals surface area contributed by atoms with E-state index in [1.807, 2.05) is 12.3 Å². The summed E-state index contributed by atoms with van der Waals surface area (Å²) < 4.78 is 0. The van der Waals surface area contributed by atoms with Crippen LogP contribution in [0.4, 0.5) is 5.95 Å². The minimum Gasteiger partial charge on any atom is -0.351 e. The molecule has 0 atom stereocenters. The molecule has 4 heteroatoms. The molecule has 0 aliphatic heterocycles. The maximum Gasteiger partial charge on any atom is 0.223 e. The average Bonchev–Trinajstić information content (AvgIpc) is 3.02. The molecule has 1 aliphatic carbocycles. The molecule has 0 aromatic carbocycles. The predicted molar refractivity (Wildman–Crippen MR) is 54.0 cm³/mol. The van der Waals surface area contributed by atoms with Crippen LogP contribution < -0.4 is 5.32 Å². The summed E-state index contributed by atoms with van der Waals surface area (Å²) in [5, 5.41) is 4.29. The van der Waals surface area contributed by atoms with Crippen LogP contribution in [0.2, 0.25) is 0 Å². The number of anilines is 1. The third-order valence-corrected chi connectivity index (χ3v) is 2.30. The van der Waals surface area contributed by atoms with Crippen molar-refractivity contribution in [2.45, 2.75) is 18.9 Å². The van der Waals surface area contributed by atoms with Gasteiger partial charge in [-0.3, -0.25) is 4.98 Å². The zero-order valence-electron chi connectivity index (χ0n) is 7.64. The Morgan fingerprint density at radius 2 is 2.21 bits per heavy atom. The lowest BCUT2D eigenvalue weighted by molar-refractivity contribution is 1.07. The van der Waals surface area contributed by atoms with Crippen molar-refractivity contribution in [3.8, 4) is 0 Å². The number of nitrogens with zero attached hydrogens (tertiary/aromatic N) is 3. The van der Waals surface area contributed by atoms with Gasteiger partial charge in [-0.05, 0) is 18.9 Å². The fraction of sp³-hybridized carbons (Fsp3) is 0.300. The summed E-state index contributed by atoms with van der Waals surface area (Å²) in [6.07, 6.45) is 7.80. The Labute approximate surface area is 81.4 Å². The minimum absolute atomic E-state index is 0.587. The number of aromatic nitrogens is 3. The monoisotopic (exact) mass is 186 g/mol. The number of nitrogens with one attached hydrogen (secondary N) is 1. The van der Waals surface area contributed by atoms with Crippen molar-refractivity contribution in [2.24, 2.45) is 0 Å². The van der Waals surface area contributed by atoms with Gasteiger partial charge >= 0.3 is 0 Å². The molecule has 0 unspecified atom stereocenters. The smallest absolute Gasteiger partial charge is 0.223 e. The summed E-state index contributed by atoms with van der Waals surface area (Å²) in [5.74, 6) is 0.716. The molecule has 2 heterocycles. The van der Waals surface area contributed by atoms with Gasteiger partial charge < -0.3 is 5.32 Å². The zero-order valence-corrected chi connectivity index (χ0v) is 7.64.